The van der Waals surface area contributed by atoms with Gasteiger partial charge >= 0.3 is 5.97 Å². The molecule has 0 aliphatic heterocycles. The van der Waals surface area contributed by atoms with Crippen LogP contribution in [0.2, 0.25) is 0 Å². The Kier molecular flexibility index (Phi) is 6.72. The SMILES string of the molecule is O=C(O)C[C@@H](c1cncc(CO)c1)n1ncc2cc(OCCc3ccc4c(n3)CCCC4)ccc21. The lowest BCUT2D eigenvalue weighted by molar-refractivity contribution is -0.137. The molecule has 3 heterocycles. The predicted molar refractivity (Wildman–Crippen MR) is 130 cm³/mol. The first-order valence-electron chi connectivity index (χ1n) is 11.9. The number of rotatable bonds is 9. The molecule has 1 aromatic carbocycles. The first kappa shape index (κ1) is 23.0. The number of nitrogens with zero attached hydrogens (tertiary/aromatic N) is 4. The first-order chi connectivity index (χ1) is 17.1. The number of hydrogen-bond acceptors (Lipinski definition) is 6. The number of aliphatic hydroxyl groups excluding tert-OH is 1. The van der Waals surface area contributed by atoms with Crippen LogP contribution in [0.3, 0.4) is 0 Å². The second-order valence-corrected chi connectivity index (χ2v) is 8.92. The highest BCUT2D eigenvalue weighted by atomic mass is 16.5. The number of hydrogen-bond donors (Lipinski definition) is 2. The highest BCUT2D eigenvalue weighted by molar-refractivity contribution is 5.81. The lowest BCUT2D eigenvalue weighted by Gasteiger charge is -2.18. The number of ether oxygens (including phenoxy) is 1. The smallest absolute Gasteiger partial charge is 0.305 e. The minimum atomic E-state index is -0.941. The molecule has 0 bridgehead atoms. The molecule has 5 rings (SSSR count). The van der Waals surface area contributed by atoms with Crippen LogP contribution in [-0.4, -0.2) is 42.5 Å². The van der Waals surface area contributed by atoms with Gasteiger partial charge in [-0.25, -0.2) is 0 Å². The van der Waals surface area contributed by atoms with E-state index in [-0.39, 0.29) is 13.0 Å². The van der Waals surface area contributed by atoms with Gasteiger partial charge in [0.05, 0.1) is 37.4 Å². The van der Waals surface area contributed by atoms with Crippen LogP contribution in [-0.2, 0) is 30.7 Å². The molecule has 0 saturated heterocycles. The Morgan fingerprint density at radius 3 is 2.83 bits per heavy atom. The monoisotopic (exact) mass is 472 g/mol. The average Bonchev–Trinajstić information content (AvgIpc) is 3.30. The second kappa shape index (κ2) is 10.2. The predicted octanol–water partition coefficient (Wildman–Crippen LogP) is 3.88. The number of aliphatic carboxylic acids is 1. The van der Waals surface area contributed by atoms with Crippen LogP contribution < -0.4 is 4.74 Å². The van der Waals surface area contributed by atoms with Gasteiger partial charge in [-0.3, -0.25) is 19.4 Å². The van der Waals surface area contributed by atoms with Gasteiger partial charge in [-0.2, -0.15) is 5.10 Å². The molecule has 0 fully saturated rings. The van der Waals surface area contributed by atoms with Crippen LogP contribution in [0.25, 0.3) is 10.9 Å². The third-order valence-electron chi connectivity index (χ3n) is 6.48. The van der Waals surface area contributed by atoms with Crippen molar-refractivity contribution >= 4 is 16.9 Å². The van der Waals surface area contributed by atoms with E-state index in [1.165, 1.54) is 24.1 Å². The molecular weight excluding hydrogens is 444 g/mol. The van der Waals surface area contributed by atoms with Crippen LogP contribution in [0.5, 0.6) is 5.75 Å². The summed E-state index contributed by atoms with van der Waals surface area (Å²) in [5, 5.41) is 24.3. The quantitative estimate of drug-likeness (QED) is 0.380. The lowest BCUT2D eigenvalue weighted by Crippen LogP contribution is -2.17. The number of carboxylic acid groups (broad SMARTS) is 1. The summed E-state index contributed by atoms with van der Waals surface area (Å²) in [6.07, 6.45) is 10.1. The minimum Gasteiger partial charge on any atom is -0.493 e. The van der Waals surface area contributed by atoms with Crippen molar-refractivity contribution in [2.45, 2.75) is 51.2 Å². The molecule has 0 spiro atoms. The number of fused-ring (bicyclic) bond motifs is 2. The summed E-state index contributed by atoms with van der Waals surface area (Å²) in [5.41, 5.74) is 5.77. The largest absolute Gasteiger partial charge is 0.493 e. The number of benzene rings is 1. The van der Waals surface area contributed by atoms with Crippen LogP contribution >= 0.6 is 0 Å². The number of carbonyl (C=O) groups is 1. The Hall–Kier alpha value is -3.78. The molecule has 8 heteroatoms. The molecule has 3 aromatic heterocycles. The van der Waals surface area contributed by atoms with Crippen molar-refractivity contribution in [3.63, 3.8) is 0 Å². The molecule has 1 aliphatic carbocycles. The maximum absolute atomic E-state index is 11.6. The maximum atomic E-state index is 11.6. The Morgan fingerprint density at radius 1 is 1.09 bits per heavy atom. The van der Waals surface area contributed by atoms with Crippen LogP contribution in [0.15, 0.2) is 55.0 Å². The summed E-state index contributed by atoms with van der Waals surface area (Å²) < 4.78 is 7.70. The fourth-order valence-electron chi connectivity index (χ4n) is 4.70. The molecule has 2 N–H and O–H groups in total. The second-order valence-electron chi connectivity index (χ2n) is 8.92. The number of carboxylic acids is 1. The summed E-state index contributed by atoms with van der Waals surface area (Å²) in [4.78, 5) is 20.6. The zero-order valence-corrected chi connectivity index (χ0v) is 19.4. The molecule has 4 aromatic rings. The first-order valence-corrected chi connectivity index (χ1v) is 11.9. The summed E-state index contributed by atoms with van der Waals surface area (Å²) in [7, 11) is 0. The van der Waals surface area contributed by atoms with Crippen molar-refractivity contribution in [2.75, 3.05) is 6.61 Å². The molecule has 0 radical (unpaired) electrons. The summed E-state index contributed by atoms with van der Waals surface area (Å²) >= 11 is 0. The Bertz CT molecular complexity index is 1350. The van der Waals surface area contributed by atoms with E-state index in [0.717, 1.165) is 41.6 Å². The van der Waals surface area contributed by atoms with E-state index in [2.05, 4.69) is 22.2 Å². The molecule has 0 saturated carbocycles. The molecular formula is C27H28N4O4. The van der Waals surface area contributed by atoms with E-state index in [0.29, 0.717) is 17.7 Å². The van der Waals surface area contributed by atoms with E-state index in [4.69, 9.17) is 9.72 Å². The maximum Gasteiger partial charge on any atom is 0.305 e. The van der Waals surface area contributed by atoms with Gasteiger partial charge in [0.1, 0.15) is 5.75 Å². The Labute approximate surface area is 203 Å². The third kappa shape index (κ3) is 5.17. The van der Waals surface area contributed by atoms with Crippen LogP contribution in [0.1, 0.15) is 53.4 Å². The summed E-state index contributed by atoms with van der Waals surface area (Å²) in [5.74, 6) is -0.211. The third-order valence-corrected chi connectivity index (χ3v) is 6.48. The average molecular weight is 473 g/mol. The van der Waals surface area contributed by atoms with E-state index < -0.39 is 12.0 Å². The van der Waals surface area contributed by atoms with E-state index in [1.54, 1.807) is 29.3 Å². The zero-order valence-electron chi connectivity index (χ0n) is 19.4. The van der Waals surface area contributed by atoms with Crippen LogP contribution in [0.4, 0.5) is 0 Å². The van der Waals surface area contributed by atoms with Crippen molar-refractivity contribution in [1.82, 2.24) is 19.7 Å². The standard InChI is InChI=1S/C27H28N4O4/c32-17-18-11-20(15-28-14-18)26(13-27(33)34)31-25-8-7-23(12-21(25)16-29-31)35-10-9-22-6-5-19-3-1-2-4-24(19)30-22/h5-8,11-12,14-16,26,32H,1-4,9-10,13,17H2,(H,33,34)/t26-/m0/s1. The Morgan fingerprint density at radius 2 is 1.97 bits per heavy atom. The Balaban J connectivity index is 1.32. The van der Waals surface area contributed by atoms with Gasteiger partial charge in [0.15, 0.2) is 0 Å². The summed E-state index contributed by atoms with van der Waals surface area (Å²) in [6, 6.07) is 11.2. The van der Waals surface area contributed by atoms with Crippen LogP contribution in [0, 0.1) is 0 Å². The molecule has 35 heavy (non-hydrogen) atoms. The zero-order chi connectivity index (χ0) is 24.2. The van der Waals surface area contributed by atoms with Crippen molar-refractivity contribution in [3.8, 4) is 5.75 Å². The summed E-state index contributed by atoms with van der Waals surface area (Å²) in [6.45, 7) is 0.356. The number of aliphatic hydroxyl groups is 1. The molecule has 1 aliphatic rings. The number of aromatic nitrogens is 4. The molecule has 8 nitrogen and oxygen atoms in total. The highest BCUT2D eigenvalue weighted by Gasteiger charge is 2.21. The fraction of sp³-hybridized carbons (Fsp3) is 0.333. The van der Waals surface area contributed by atoms with Crippen molar-refractivity contribution in [3.05, 3.63) is 83.1 Å². The minimum absolute atomic E-state index is 0.153. The van der Waals surface area contributed by atoms with E-state index in [1.807, 2.05) is 18.2 Å². The lowest BCUT2D eigenvalue weighted by atomic mass is 9.96. The van der Waals surface area contributed by atoms with Crippen molar-refractivity contribution in [2.24, 2.45) is 0 Å². The highest BCUT2D eigenvalue weighted by Crippen LogP contribution is 2.29. The number of aryl methyl sites for hydroxylation is 2. The molecule has 0 amide bonds. The molecule has 180 valence electrons. The van der Waals surface area contributed by atoms with Gasteiger partial charge in [-0.05, 0) is 72.7 Å². The van der Waals surface area contributed by atoms with E-state index >= 15 is 0 Å². The van der Waals surface area contributed by atoms with Gasteiger partial charge < -0.3 is 14.9 Å². The van der Waals surface area contributed by atoms with Gasteiger partial charge in [0.2, 0.25) is 0 Å². The molecule has 0 unspecified atom stereocenters. The van der Waals surface area contributed by atoms with Gasteiger partial charge in [-0.15, -0.1) is 0 Å². The molecule has 1 atom stereocenters. The topological polar surface area (TPSA) is 110 Å². The fourth-order valence-corrected chi connectivity index (χ4v) is 4.70. The van der Waals surface area contributed by atoms with E-state index in [9.17, 15) is 15.0 Å². The van der Waals surface area contributed by atoms with Gasteiger partial charge in [0, 0.05) is 35.6 Å². The van der Waals surface area contributed by atoms with Crippen molar-refractivity contribution < 1.29 is 19.7 Å². The number of pyridine rings is 2. The van der Waals surface area contributed by atoms with Gasteiger partial charge in [-0.1, -0.05) is 6.07 Å². The van der Waals surface area contributed by atoms with Gasteiger partial charge in [0.25, 0.3) is 0 Å². The normalized spacial score (nSPS) is 14.0. The van der Waals surface area contributed by atoms with Crippen molar-refractivity contribution in [1.29, 1.82) is 0 Å².